The summed E-state index contributed by atoms with van der Waals surface area (Å²) in [4.78, 5) is 15.7. The van der Waals surface area contributed by atoms with Crippen LogP contribution in [0.4, 0.5) is 10.2 Å². The van der Waals surface area contributed by atoms with Crippen molar-refractivity contribution >= 4 is 23.5 Å². The van der Waals surface area contributed by atoms with Gasteiger partial charge in [-0.1, -0.05) is 48.2 Å². The van der Waals surface area contributed by atoms with Gasteiger partial charge in [0, 0.05) is 29.9 Å². The first kappa shape index (κ1) is 23.2. The number of piperidine rings is 1. The standard InChI is InChI=1S/C26H29FN4OS/c1-19(10-11-20-6-3-2-4-7-20)28-26(32)21-14-16-31(17-15-21)24-12-13-25(30-29-24)33-23-9-5-8-22(27)18-23/h2-9,12-13,18-19,21H,10-11,14-17H2,1H3,(H,28,32)/t19-/m0/s1. The summed E-state index contributed by atoms with van der Waals surface area (Å²) in [5, 5.41) is 12.6. The quantitative estimate of drug-likeness (QED) is 0.501. The lowest BCUT2D eigenvalue weighted by Gasteiger charge is -2.32. The Morgan fingerprint density at radius 3 is 2.58 bits per heavy atom. The van der Waals surface area contributed by atoms with E-state index in [-0.39, 0.29) is 23.7 Å². The van der Waals surface area contributed by atoms with Gasteiger partial charge in [0.15, 0.2) is 5.82 Å². The number of anilines is 1. The second-order valence-electron chi connectivity index (χ2n) is 8.48. The minimum atomic E-state index is -0.262. The van der Waals surface area contributed by atoms with Crippen LogP contribution in [0.15, 0.2) is 76.7 Å². The van der Waals surface area contributed by atoms with E-state index in [0.717, 1.165) is 54.5 Å². The van der Waals surface area contributed by atoms with Crippen LogP contribution in [0.1, 0.15) is 31.7 Å². The molecule has 1 amide bonds. The Morgan fingerprint density at radius 1 is 1.09 bits per heavy atom. The fraction of sp³-hybridized carbons (Fsp3) is 0.346. The zero-order chi connectivity index (χ0) is 23.0. The molecule has 5 nitrogen and oxygen atoms in total. The molecule has 1 atom stereocenters. The smallest absolute Gasteiger partial charge is 0.223 e. The van der Waals surface area contributed by atoms with Gasteiger partial charge < -0.3 is 10.2 Å². The van der Waals surface area contributed by atoms with Crippen LogP contribution >= 0.6 is 11.8 Å². The number of rotatable bonds is 8. The van der Waals surface area contributed by atoms with Crippen LogP contribution in [0.2, 0.25) is 0 Å². The molecule has 0 saturated carbocycles. The van der Waals surface area contributed by atoms with E-state index in [1.807, 2.05) is 36.4 Å². The Morgan fingerprint density at radius 2 is 1.88 bits per heavy atom. The fourth-order valence-electron chi connectivity index (χ4n) is 4.02. The van der Waals surface area contributed by atoms with Crippen LogP contribution in [0, 0.1) is 11.7 Å². The molecule has 1 N–H and O–H groups in total. The van der Waals surface area contributed by atoms with Gasteiger partial charge in [-0.2, -0.15) is 0 Å². The highest BCUT2D eigenvalue weighted by atomic mass is 32.2. The van der Waals surface area contributed by atoms with Gasteiger partial charge in [0.05, 0.1) is 0 Å². The lowest BCUT2D eigenvalue weighted by molar-refractivity contribution is -0.126. The zero-order valence-corrected chi connectivity index (χ0v) is 19.6. The number of carbonyl (C=O) groups is 1. The van der Waals surface area contributed by atoms with E-state index < -0.39 is 0 Å². The molecule has 3 aromatic rings. The number of nitrogens with one attached hydrogen (secondary N) is 1. The summed E-state index contributed by atoms with van der Waals surface area (Å²) in [5.74, 6) is 0.745. The highest BCUT2D eigenvalue weighted by Gasteiger charge is 2.26. The van der Waals surface area contributed by atoms with Crippen molar-refractivity contribution < 1.29 is 9.18 Å². The van der Waals surface area contributed by atoms with Gasteiger partial charge in [-0.3, -0.25) is 4.79 Å². The van der Waals surface area contributed by atoms with E-state index in [2.05, 4.69) is 39.5 Å². The average molecular weight is 465 g/mol. The highest BCUT2D eigenvalue weighted by Crippen LogP contribution is 2.28. The summed E-state index contributed by atoms with van der Waals surface area (Å²) in [6.45, 7) is 3.64. The van der Waals surface area contributed by atoms with Crippen molar-refractivity contribution in [3.63, 3.8) is 0 Å². The van der Waals surface area contributed by atoms with Gasteiger partial charge in [-0.15, -0.1) is 10.2 Å². The minimum Gasteiger partial charge on any atom is -0.355 e. The SMILES string of the molecule is C[C@@H](CCc1ccccc1)NC(=O)C1CCN(c2ccc(Sc3cccc(F)c3)nn2)CC1. The van der Waals surface area contributed by atoms with Crippen molar-refractivity contribution in [1.29, 1.82) is 0 Å². The monoisotopic (exact) mass is 464 g/mol. The van der Waals surface area contributed by atoms with Crippen LogP contribution in [-0.2, 0) is 11.2 Å². The first-order valence-corrected chi connectivity index (χ1v) is 12.2. The van der Waals surface area contributed by atoms with Crippen LogP contribution < -0.4 is 10.2 Å². The molecule has 2 aromatic carbocycles. The highest BCUT2D eigenvalue weighted by molar-refractivity contribution is 7.99. The summed E-state index contributed by atoms with van der Waals surface area (Å²) < 4.78 is 13.4. The molecule has 1 fully saturated rings. The van der Waals surface area contributed by atoms with E-state index in [9.17, 15) is 9.18 Å². The second kappa shape index (κ2) is 11.3. The van der Waals surface area contributed by atoms with Crippen molar-refractivity contribution in [3.05, 3.63) is 78.1 Å². The number of amides is 1. The van der Waals surface area contributed by atoms with Gasteiger partial charge in [-0.25, -0.2) is 4.39 Å². The molecule has 0 unspecified atom stereocenters. The van der Waals surface area contributed by atoms with E-state index in [1.165, 1.54) is 29.5 Å². The van der Waals surface area contributed by atoms with Gasteiger partial charge >= 0.3 is 0 Å². The van der Waals surface area contributed by atoms with Crippen LogP contribution in [-0.4, -0.2) is 35.2 Å². The van der Waals surface area contributed by atoms with E-state index in [0.29, 0.717) is 0 Å². The maximum atomic E-state index is 13.4. The second-order valence-corrected chi connectivity index (χ2v) is 9.58. The Hall–Kier alpha value is -2.93. The Kier molecular flexibility index (Phi) is 7.94. The Labute approximate surface area is 198 Å². The van der Waals surface area contributed by atoms with Crippen molar-refractivity contribution in [1.82, 2.24) is 15.5 Å². The topological polar surface area (TPSA) is 58.1 Å². The summed E-state index contributed by atoms with van der Waals surface area (Å²) in [7, 11) is 0. The number of nitrogens with zero attached hydrogens (tertiary/aromatic N) is 3. The Bertz CT molecular complexity index is 1040. The lowest BCUT2D eigenvalue weighted by atomic mass is 9.95. The molecule has 1 saturated heterocycles. The molecule has 1 aromatic heterocycles. The fourth-order valence-corrected chi connectivity index (χ4v) is 4.80. The van der Waals surface area contributed by atoms with Gasteiger partial charge in [0.2, 0.25) is 5.91 Å². The van der Waals surface area contributed by atoms with E-state index in [1.54, 1.807) is 6.07 Å². The first-order chi connectivity index (χ1) is 16.1. The number of hydrogen-bond acceptors (Lipinski definition) is 5. The number of benzene rings is 2. The molecule has 0 spiro atoms. The normalized spacial score (nSPS) is 15.3. The predicted octanol–water partition coefficient (Wildman–Crippen LogP) is 5.12. The number of halogens is 1. The number of hydrogen-bond donors (Lipinski definition) is 1. The maximum absolute atomic E-state index is 13.4. The van der Waals surface area contributed by atoms with Crippen LogP contribution in [0.5, 0.6) is 0 Å². The number of aryl methyl sites for hydroxylation is 1. The molecule has 0 radical (unpaired) electrons. The predicted molar refractivity (Wildman–Crippen MR) is 130 cm³/mol. The summed E-state index contributed by atoms with van der Waals surface area (Å²) in [6, 6.07) is 20.8. The van der Waals surface area contributed by atoms with Crippen molar-refractivity contribution in [2.24, 2.45) is 5.92 Å². The molecule has 0 bridgehead atoms. The molecule has 1 aliphatic heterocycles. The summed E-state index contributed by atoms with van der Waals surface area (Å²) >= 11 is 1.38. The lowest BCUT2D eigenvalue weighted by Crippen LogP contribution is -2.43. The van der Waals surface area contributed by atoms with Crippen molar-refractivity contribution in [2.75, 3.05) is 18.0 Å². The molecule has 2 heterocycles. The third-order valence-electron chi connectivity index (χ3n) is 5.93. The number of aromatic nitrogens is 2. The van der Waals surface area contributed by atoms with Crippen LogP contribution in [0.25, 0.3) is 0 Å². The minimum absolute atomic E-state index is 0.0381. The van der Waals surface area contributed by atoms with Gasteiger partial charge in [-0.05, 0) is 68.5 Å². The third-order valence-corrected chi connectivity index (χ3v) is 6.85. The molecule has 0 aliphatic carbocycles. The molecule has 7 heteroatoms. The van der Waals surface area contributed by atoms with Gasteiger partial charge in [0.1, 0.15) is 10.8 Å². The Balaban J connectivity index is 1.22. The largest absolute Gasteiger partial charge is 0.355 e. The first-order valence-electron chi connectivity index (χ1n) is 11.4. The van der Waals surface area contributed by atoms with Crippen molar-refractivity contribution in [2.45, 2.75) is 48.6 Å². The maximum Gasteiger partial charge on any atom is 0.223 e. The zero-order valence-electron chi connectivity index (χ0n) is 18.8. The van der Waals surface area contributed by atoms with Gasteiger partial charge in [0.25, 0.3) is 0 Å². The molecule has 172 valence electrons. The van der Waals surface area contributed by atoms with Crippen molar-refractivity contribution in [3.8, 4) is 0 Å². The third kappa shape index (κ3) is 6.78. The number of carbonyl (C=O) groups excluding carboxylic acids is 1. The summed E-state index contributed by atoms with van der Waals surface area (Å²) in [6.07, 6.45) is 3.51. The molecule has 1 aliphatic rings. The van der Waals surface area contributed by atoms with E-state index in [4.69, 9.17) is 0 Å². The van der Waals surface area contributed by atoms with Crippen LogP contribution in [0.3, 0.4) is 0 Å². The molecular formula is C26H29FN4OS. The average Bonchev–Trinajstić information content (AvgIpc) is 2.84. The summed E-state index contributed by atoms with van der Waals surface area (Å²) in [5.41, 5.74) is 1.30. The molecule has 33 heavy (non-hydrogen) atoms. The molecular weight excluding hydrogens is 435 g/mol. The molecule has 4 rings (SSSR count). The van der Waals surface area contributed by atoms with E-state index >= 15 is 0 Å².